The van der Waals surface area contributed by atoms with E-state index in [1.807, 2.05) is 20.8 Å². The van der Waals surface area contributed by atoms with Crippen molar-refractivity contribution in [1.82, 2.24) is 4.90 Å². The predicted molar refractivity (Wildman–Crippen MR) is 72.9 cm³/mol. The Hall–Kier alpha value is -1.06. The van der Waals surface area contributed by atoms with Crippen LogP contribution < -0.4 is 0 Å². The molecule has 0 aromatic heterocycles. The lowest BCUT2D eigenvalue weighted by Crippen LogP contribution is -2.37. The van der Waals surface area contributed by atoms with Crippen molar-refractivity contribution in [3.05, 3.63) is 0 Å². The molecule has 1 saturated heterocycles. The molecule has 2 fully saturated rings. The van der Waals surface area contributed by atoms with Gasteiger partial charge in [-0.25, -0.2) is 4.79 Å². The van der Waals surface area contributed by atoms with E-state index in [4.69, 9.17) is 4.74 Å². The maximum atomic E-state index is 12.1. The molecule has 0 radical (unpaired) electrons. The fourth-order valence-corrected chi connectivity index (χ4v) is 3.20. The van der Waals surface area contributed by atoms with Crippen molar-refractivity contribution in [1.29, 1.82) is 0 Å². The van der Waals surface area contributed by atoms with E-state index in [0.717, 1.165) is 38.8 Å². The fourth-order valence-electron chi connectivity index (χ4n) is 3.20. The summed E-state index contributed by atoms with van der Waals surface area (Å²) in [6.07, 6.45) is 3.78. The number of nitrogens with zero attached hydrogens (tertiary/aromatic N) is 1. The van der Waals surface area contributed by atoms with Crippen LogP contribution in [-0.4, -0.2) is 35.5 Å². The summed E-state index contributed by atoms with van der Waals surface area (Å²) in [5.74, 6) is 0.553. The average molecular weight is 267 g/mol. The minimum Gasteiger partial charge on any atom is -0.444 e. The van der Waals surface area contributed by atoms with Crippen LogP contribution >= 0.6 is 0 Å². The summed E-state index contributed by atoms with van der Waals surface area (Å²) in [5, 5.41) is 0. The molecule has 1 heterocycles. The molecule has 1 aliphatic carbocycles. The van der Waals surface area contributed by atoms with Crippen LogP contribution in [0.25, 0.3) is 0 Å². The molecule has 4 nitrogen and oxygen atoms in total. The molecule has 0 bridgehead atoms. The van der Waals surface area contributed by atoms with Crippen LogP contribution in [0.4, 0.5) is 4.79 Å². The Morgan fingerprint density at radius 3 is 2.42 bits per heavy atom. The van der Waals surface area contributed by atoms with Gasteiger partial charge in [-0.3, -0.25) is 4.79 Å². The first-order valence-corrected chi connectivity index (χ1v) is 7.22. The first-order chi connectivity index (χ1) is 8.73. The van der Waals surface area contributed by atoms with E-state index in [1.54, 1.807) is 11.8 Å². The summed E-state index contributed by atoms with van der Waals surface area (Å²) in [5.41, 5.74) is -0.245. The Bertz CT molecular complexity index is 385. The molecule has 1 spiro atoms. The highest BCUT2D eigenvalue weighted by Gasteiger charge is 2.56. The monoisotopic (exact) mass is 267 g/mol. The third-order valence-electron chi connectivity index (χ3n) is 4.31. The highest BCUT2D eigenvalue weighted by atomic mass is 16.6. The molecule has 1 aliphatic heterocycles. The molecule has 19 heavy (non-hydrogen) atoms. The van der Waals surface area contributed by atoms with Gasteiger partial charge in [0, 0.05) is 19.0 Å². The molecule has 2 rings (SSSR count). The number of hydrogen-bond donors (Lipinski definition) is 0. The minimum absolute atomic E-state index is 0.197. The van der Waals surface area contributed by atoms with Gasteiger partial charge in [-0.15, -0.1) is 0 Å². The molecule has 1 amide bonds. The molecular formula is C15H25NO3. The van der Waals surface area contributed by atoms with Gasteiger partial charge in [0.1, 0.15) is 11.4 Å². The number of carbonyl (C=O) groups excluding carboxylic acids is 2. The first-order valence-electron chi connectivity index (χ1n) is 7.22. The molecule has 0 aromatic rings. The van der Waals surface area contributed by atoms with E-state index in [9.17, 15) is 9.59 Å². The molecule has 1 saturated carbocycles. The largest absolute Gasteiger partial charge is 0.444 e. The van der Waals surface area contributed by atoms with E-state index in [2.05, 4.69) is 0 Å². The van der Waals surface area contributed by atoms with Crippen molar-refractivity contribution in [3.8, 4) is 0 Å². The van der Waals surface area contributed by atoms with Gasteiger partial charge in [-0.1, -0.05) is 0 Å². The van der Waals surface area contributed by atoms with Gasteiger partial charge in [0.15, 0.2) is 0 Å². The second-order valence-electron chi connectivity index (χ2n) is 7.05. The Morgan fingerprint density at radius 2 is 1.89 bits per heavy atom. The summed E-state index contributed by atoms with van der Waals surface area (Å²) in [6, 6.07) is 0. The maximum absolute atomic E-state index is 12.1. The van der Waals surface area contributed by atoms with Gasteiger partial charge >= 0.3 is 6.09 Å². The molecule has 2 unspecified atom stereocenters. The number of rotatable bonds is 1. The van der Waals surface area contributed by atoms with Crippen LogP contribution in [-0.2, 0) is 9.53 Å². The topological polar surface area (TPSA) is 46.6 Å². The number of hydrogen-bond acceptors (Lipinski definition) is 3. The number of carbonyl (C=O) groups is 2. The number of Topliss-reactive ketones (excluding diaryl/α,β-unsaturated/α-hetero) is 1. The number of ether oxygens (including phenoxy) is 1. The highest BCUT2D eigenvalue weighted by molar-refractivity contribution is 5.82. The molecule has 2 atom stereocenters. The number of likely N-dealkylation sites (tertiary alicyclic amines) is 1. The molecular weight excluding hydrogens is 242 g/mol. The minimum atomic E-state index is -0.442. The molecule has 0 N–H and O–H groups in total. The van der Waals surface area contributed by atoms with Crippen LogP contribution in [0.1, 0.15) is 53.4 Å². The van der Waals surface area contributed by atoms with Crippen LogP contribution in [0, 0.1) is 11.3 Å². The molecule has 108 valence electrons. The molecule has 0 aromatic carbocycles. The van der Waals surface area contributed by atoms with E-state index in [1.165, 1.54) is 0 Å². The van der Waals surface area contributed by atoms with Gasteiger partial charge < -0.3 is 9.64 Å². The quantitative estimate of drug-likeness (QED) is 0.733. The standard InChI is InChI=1S/C15H25NO3/c1-11(17)12-10-15(12)6-5-8-16(9-7-15)13(18)19-14(2,3)4/h12H,5-10H2,1-4H3. The molecule has 2 aliphatic rings. The van der Waals surface area contributed by atoms with Gasteiger partial charge in [0.25, 0.3) is 0 Å². The van der Waals surface area contributed by atoms with E-state index >= 15 is 0 Å². The van der Waals surface area contributed by atoms with Crippen LogP contribution in [0.3, 0.4) is 0 Å². The Balaban J connectivity index is 1.91. The van der Waals surface area contributed by atoms with Crippen molar-refractivity contribution >= 4 is 11.9 Å². The maximum Gasteiger partial charge on any atom is 0.410 e. The van der Waals surface area contributed by atoms with Gasteiger partial charge in [0.05, 0.1) is 0 Å². The SMILES string of the molecule is CC(=O)C1CC12CCCN(C(=O)OC(C)(C)C)CC2. The van der Waals surface area contributed by atoms with E-state index in [0.29, 0.717) is 5.78 Å². The van der Waals surface area contributed by atoms with Crippen molar-refractivity contribution in [2.24, 2.45) is 11.3 Å². The van der Waals surface area contributed by atoms with Gasteiger partial charge in [0.2, 0.25) is 0 Å². The zero-order chi connectivity index (χ0) is 14.3. The second kappa shape index (κ2) is 4.80. The normalized spacial score (nSPS) is 30.9. The van der Waals surface area contributed by atoms with Crippen molar-refractivity contribution in [3.63, 3.8) is 0 Å². The van der Waals surface area contributed by atoms with Crippen LogP contribution in [0.5, 0.6) is 0 Å². The summed E-state index contributed by atoms with van der Waals surface area (Å²) in [6.45, 7) is 8.82. The van der Waals surface area contributed by atoms with Crippen molar-refractivity contribution < 1.29 is 14.3 Å². The Labute approximate surface area is 115 Å². The first kappa shape index (κ1) is 14.4. The summed E-state index contributed by atoms with van der Waals surface area (Å²) in [7, 11) is 0. The zero-order valence-corrected chi connectivity index (χ0v) is 12.5. The van der Waals surface area contributed by atoms with Crippen LogP contribution in [0.2, 0.25) is 0 Å². The summed E-state index contributed by atoms with van der Waals surface area (Å²) in [4.78, 5) is 25.3. The van der Waals surface area contributed by atoms with Crippen LogP contribution in [0.15, 0.2) is 0 Å². The lowest BCUT2D eigenvalue weighted by atomic mass is 9.93. The Morgan fingerprint density at radius 1 is 1.21 bits per heavy atom. The van der Waals surface area contributed by atoms with Crippen molar-refractivity contribution in [2.75, 3.05) is 13.1 Å². The zero-order valence-electron chi connectivity index (χ0n) is 12.5. The lowest BCUT2D eigenvalue weighted by molar-refractivity contribution is -0.119. The van der Waals surface area contributed by atoms with Gasteiger partial charge in [-0.05, 0) is 58.8 Å². The van der Waals surface area contributed by atoms with E-state index in [-0.39, 0.29) is 17.4 Å². The third-order valence-corrected chi connectivity index (χ3v) is 4.31. The third kappa shape index (κ3) is 3.28. The fraction of sp³-hybridized carbons (Fsp3) is 0.867. The highest BCUT2D eigenvalue weighted by Crippen LogP contribution is 2.59. The number of amides is 1. The van der Waals surface area contributed by atoms with Crippen molar-refractivity contribution in [2.45, 2.75) is 59.0 Å². The lowest BCUT2D eigenvalue weighted by Gasteiger charge is -2.26. The predicted octanol–water partition coefficient (Wildman–Crippen LogP) is 3.00. The summed E-state index contributed by atoms with van der Waals surface area (Å²) < 4.78 is 5.42. The second-order valence-corrected chi connectivity index (χ2v) is 7.05. The number of ketones is 1. The van der Waals surface area contributed by atoms with Gasteiger partial charge in [-0.2, -0.15) is 0 Å². The smallest absolute Gasteiger partial charge is 0.410 e. The van der Waals surface area contributed by atoms with E-state index < -0.39 is 5.60 Å². The Kier molecular flexibility index (Phi) is 3.63. The average Bonchev–Trinajstić information content (AvgIpc) is 2.99. The molecule has 4 heteroatoms. The summed E-state index contributed by atoms with van der Waals surface area (Å²) >= 11 is 0.